The minimum Gasteiger partial charge on any atom is -0.343 e. The van der Waals surface area contributed by atoms with Gasteiger partial charge in [-0.3, -0.25) is 24.4 Å². The molecule has 0 bridgehead atoms. The summed E-state index contributed by atoms with van der Waals surface area (Å²) >= 11 is 0. The molecule has 1 atom stereocenters. The number of carbonyl (C=O) groups excluding carboxylic acids is 4. The van der Waals surface area contributed by atoms with E-state index < -0.39 is 17.9 Å². The standard InChI is InChI=1S/C27H32N6O5.CH4/c28-17-23(27(37)32-38)31-26(36)21-10-6-19(7-11-21)4-5-20-8-12-22(13-9-20)30-24(34)18-29-14-2-16-33-15-1-3-25(33)35;/h6-13,23,29,38H,1-3,14-18,28H2,(H,30,34)(H,31,36)(H,32,37);1H4/t23-;/m0./s1. The van der Waals surface area contributed by atoms with Gasteiger partial charge in [0.05, 0.1) is 6.54 Å². The van der Waals surface area contributed by atoms with Crippen molar-refractivity contribution in [3.05, 3.63) is 65.2 Å². The molecule has 1 saturated heterocycles. The van der Waals surface area contributed by atoms with Crippen LogP contribution in [0.25, 0.3) is 0 Å². The van der Waals surface area contributed by atoms with Crippen LogP contribution >= 0.6 is 0 Å². The molecule has 7 N–H and O–H groups in total. The van der Waals surface area contributed by atoms with E-state index in [2.05, 4.69) is 27.8 Å². The van der Waals surface area contributed by atoms with E-state index in [-0.39, 0.29) is 32.3 Å². The number of carbonyl (C=O) groups is 4. The van der Waals surface area contributed by atoms with Crippen molar-refractivity contribution in [2.24, 2.45) is 5.73 Å². The second-order valence-corrected chi connectivity index (χ2v) is 8.71. The predicted octanol–water partition coefficient (Wildman–Crippen LogP) is 0.826. The summed E-state index contributed by atoms with van der Waals surface area (Å²) in [5.74, 6) is 4.79. The quantitative estimate of drug-likeness (QED) is 0.107. The second kappa shape index (κ2) is 15.9. The number of hydrogen-bond donors (Lipinski definition) is 6. The fraction of sp³-hybridized carbons (Fsp3) is 0.357. The van der Waals surface area contributed by atoms with Crippen molar-refractivity contribution in [3.8, 4) is 11.8 Å². The SMILES string of the molecule is C.NC[C@H](NC(=O)c1ccc(C#Cc2ccc(NC(=O)CNCCCN3CCCC3=O)cc2)cc1)C(=O)NO. The first-order valence-electron chi connectivity index (χ1n) is 12.3. The molecule has 0 unspecified atom stereocenters. The first-order chi connectivity index (χ1) is 18.4. The Bertz CT molecular complexity index is 1190. The maximum absolute atomic E-state index is 12.3. The molecule has 2 aromatic carbocycles. The number of benzene rings is 2. The Labute approximate surface area is 228 Å². The van der Waals surface area contributed by atoms with Crippen LogP contribution in [0.5, 0.6) is 0 Å². The number of nitrogens with zero attached hydrogens (tertiary/aromatic N) is 1. The highest BCUT2D eigenvalue weighted by molar-refractivity contribution is 5.97. The number of nitrogens with one attached hydrogen (secondary N) is 4. The molecule has 11 heteroatoms. The van der Waals surface area contributed by atoms with Gasteiger partial charge in [0.15, 0.2) is 0 Å². The minimum atomic E-state index is -1.05. The lowest BCUT2D eigenvalue weighted by Crippen LogP contribution is -2.50. The highest BCUT2D eigenvalue weighted by Gasteiger charge is 2.20. The largest absolute Gasteiger partial charge is 0.343 e. The maximum Gasteiger partial charge on any atom is 0.267 e. The third-order valence-electron chi connectivity index (χ3n) is 5.87. The van der Waals surface area contributed by atoms with Crippen LogP contribution in [0.1, 0.15) is 48.2 Å². The van der Waals surface area contributed by atoms with Gasteiger partial charge in [0.2, 0.25) is 11.8 Å². The summed E-state index contributed by atoms with van der Waals surface area (Å²) in [4.78, 5) is 49.3. The van der Waals surface area contributed by atoms with Gasteiger partial charge in [0.1, 0.15) is 6.04 Å². The van der Waals surface area contributed by atoms with Gasteiger partial charge in [0, 0.05) is 48.4 Å². The molecule has 1 aliphatic heterocycles. The van der Waals surface area contributed by atoms with Crippen LogP contribution in [0.2, 0.25) is 0 Å². The smallest absolute Gasteiger partial charge is 0.267 e. The normalized spacial score (nSPS) is 13.0. The van der Waals surface area contributed by atoms with Crippen molar-refractivity contribution in [2.75, 3.05) is 38.0 Å². The van der Waals surface area contributed by atoms with Crippen LogP contribution in [-0.4, -0.2) is 72.5 Å². The lowest BCUT2D eigenvalue weighted by Gasteiger charge is -2.15. The van der Waals surface area contributed by atoms with Gasteiger partial charge in [-0.1, -0.05) is 19.3 Å². The molecule has 3 rings (SSSR count). The van der Waals surface area contributed by atoms with Crippen LogP contribution in [-0.2, 0) is 14.4 Å². The molecule has 4 amide bonds. The van der Waals surface area contributed by atoms with Crippen LogP contribution in [0, 0.1) is 11.8 Å². The fourth-order valence-electron chi connectivity index (χ4n) is 3.78. The highest BCUT2D eigenvalue weighted by atomic mass is 16.5. The molecule has 0 radical (unpaired) electrons. The minimum absolute atomic E-state index is 0. The molecule has 1 fully saturated rings. The Kier molecular flexibility index (Phi) is 12.6. The van der Waals surface area contributed by atoms with Crippen molar-refractivity contribution >= 4 is 29.3 Å². The zero-order valence-electron chi connectivity index (χ0n) is 21.0. The van der Waals surface area contributed by atoms with E-state index in [4.69, 9.17) is 10.9 Å². The molecule has 1 heterocycles. The third kappa shape index (κ3) is 9.86. The van der Waals surface area contributed by atoms with E-state index in [9.17, 15) is 19.2 Å². The molecule has 208 valence electrons. The summed E-state index contributed by atoms with van der Waals surface area (Å²) in [6.07, 6.45) is 2.37. The number of anilines is 1. The van der Waals surface area contributed by atoms with Gasteiger partial charge in [0.25, 0.3) is 11.8 Å². The predicted molar refractivity (Wildman–Crippen MR) is 148 cm³/mol. The van der Waals surface area contributed by atoms with Crippen LogP contribution in [0.4, 0.5) is 5.69 Å². The third-order valence-corrected chi connectivity index (χ3v) is 5.87. The second-order valence-electron chi connectivity index (χ2n) is 8.71. The van der Waals surface area contributed by atoms with Gasteiger partial charge in [-0.25, -0.2) is 5.48 Å². The van der Waals surface area contributed by atoms with E-state index >= 15 is 0 Å². The van der Waals surface area contributed by atoms with Gasteiger partial charge in [-0.2, -0.15) is 0 Å². The Morgan fingerprint density at radius 1 is 1.03 bits per heavy atom. The topological polar surface area (TPSA) is 166 Å². The summed E-state index contributed by atoms with van der Waals surface area (Å²) in [6, 6.07) is 12.6. The molecule has 0 aliphatic carbocycles. The summed E-state index contributed by atoms with van der Waals surface area (Å²) in [5, 5.41) is 17.1. The Balaban J connectivity index is 0.00000533. The van der Waals surface area contributed by atoms with Gasteiger partial charge in [-0.15, -0.1) is 0 Å². The number of rotatable bonds is 11. The number of likely N-dealkylation sites (tertiary alicyclic amines) is 1. The fourth-order valence-corrected chi connectivity index (χ4v) is 3.78. The summed E-state index contributed by atoms with van der Waals surface area (Å²) in [7, 11) is 0. The van der Waals surface area contributed by atoms with Gasteiger partial charge in [-0.05, 0) is 67.9 Å². The molecule has 0 saturated carbocycles. The molecular formula is C28H36N6O5. The van der Waals surface area contributed by atoms with Gasteiger partial charge < -0.3 is 26.6 Å². The van der Waals surface area contributed by atoms with E-state index in [1.54, 1.807) is 48.5 Å². The summed E-state index contributed by atoms with van der Waals surface area (Å²) in [5.41, 5.74) is 9.31. The molecule has 1 aliphatic rings. The number of hydrogen-bond acceptors (Lipinski definition) is 7. The molecule has 0 spiro atoms. The van der Waals surface area contributed by atoms with Crippen LogP contribution < -0.4 is 27.2 Å². The Hall–Kier alpha value is -4.24. The monoisotopic (exact) mass is 536 g/mol. The Morgan fingerprint density at radius 3 is 2.23 bits per heavy atom. The lowest BCUT2D eigenvalue weighted by atomic mass is 10.1. The number of nitrogens with two attached hydrogens (primary N) is 1. The number of amides is 4. The molecule has 0 aromatic heterocycles. The van der Waals surface area contributed by atoms with Crippen LogP contribution in [0.15, 0.2) is 48.5 Å². The van der Waals surface area contributed by atoms with Crippen LogP contribution in [0.3, 0.4) is 0 Å². The van der Waals surface area contributed by atoms with E-state index in [0.29, 0.717) is 29.8 Å². The van der Waals surface area contributed by atoms with Crippen molar-refractivity contribution in [3.63, 3.8) is 0 Å². The molecule has 11 nitrogen and oxygen atoms in total. The number of hydroxylamine groups is 1. The van der Waals surface area contributed by atoms with Gasteiger partial charge >= 0.3 is 0 Å². The van der Waals surface area contributed by atoms with Crippen molar-refractivity contribution in [2.45, 2.75) is 32.7 Å². The molecule has 39 heavy (non-hydrogen) atoms. The van der Waals surface area contributed by atoms with Crippen molar-refractivity contribution < 1.29 is 24.4 Å². The van der Waals surface area contributed by atoms with E-state index in [1.165, 1.54) is 5.48 Å². The lowest BCUT2D eigenvalue weighted by molar-refractivity contribution is -0.131. The maximum atomic E-state index is 12.3. The van der Waals surface area contributed by atoms with E-state index in [0.717, 1.165) is 31.5 Å². The average Bonchev–Trinajstić information content (AvgIpc) is 3.35. The molecule has 2 aromatic rings. The molecular weight excluding hydrogens is 500 g/mol. The Morgan fingerprint density at radius 2 is 1.67 bits per heavy atom. The van der Waals surface area contributed by atoms with E-state index in [1.807, 2.05) is 4.90 Å². The van der Waals surface area contributed by atoms with Crippen molar-refractivity contribution in [1.82, 2.24) is 21.0 Å². The van der Waals surface area contributed by atoms with Crippen molar-refractivity contribution in [1.29, 1.82) is 0 Å². The summed E-state index contributed by atoms with van der Waals surface area (Å²) in [6.45, 7) is 2.23. The summed E-state index contributed by atoms with van der Waals surface area (Å²) < 4.78 is 0. The first-order valence-corrected chi connectivity index (χ1v) is 12.3. The first kappa shape index (κ1) is 31.0. The zero-order valence-corrected chi connectivity index (χ0v) is 21.0. The average molecular weight is 537 g/mol. The zero-order chi connectivity index (χ0) is 27.3. The highest BCUT2D eigenvalue weighted by Crippen LogP contribution is 2.10.